The Labute approximate surface area is 91.7 Å². The van der Waals surface area contributed by atoms with Gasteiger partial charge in [0.25, 0.3) is 0 Å². The first-order valence-corrected chi connectivity index (χ1v) is 5.49. The van der Waals surface area contributed by atoms with Crippen LogP contribution in [0.4, 0.5) is 0 Å². The lowest BCUT2D eigenvalue weighted by Crippen LogP contribution is -2.26. The Bertz CT molecular complexity index is 316. The summed E-state index contributed by atoms with van der Waals surface area (Å²) in [4.78, 5) is 11.4. The average Bonchev–Trinajstić information content (AvgIpc) is 2.18. The molecule has 0 radical (unpaired) electrons. The Morgan fingerprint density at radius 2 is 1.93 bits per heavy atom. The van der Waals surface area contributed by atoms with Gasteiger partial charge < -0.3 is 5.32 Å². The average molecular weight is 205 g/mol. The van der Waals surface area contributed by atoms with Crippen LogP contribution in [-0.2, 0) is 4.79 Å². The van der Waals surface area contributed by atoms with Gasteiger partial charge in [-0.25, -0.2) is 0 Å². The molecule has 0 bridgehead atoms. The van der Waals surface area contributed by atoms with E-state index < -0.39 is 0 Å². The zero-order chi connectivity index (χ0) is 11.3. The monoisotopic (exact) mass is 205 g/mol. The van der Waals surface area contributed by atoms with E-state index in [0.29, 0.717) is 6.42 Å². The molecule has 0 aliphatic carbocycles. The molecule has 1 N–H and O–H groups in total. The van der Waals surface area contributed by atoms with Crippen LogP contribution in [0.25, 0.3) is 0 Å². The zero-order valence-electron chi connectivity index (χ0n) is 9.71. The van der Waals surface area contributed by atoms with Gasteiger partial charge in [-0.2, -0.15) is 0 Å². The smallest absolute Gasteiger partial charge is 0.220 e. The third-order valence-corrected chi connectivity index (χ3v) is 2.43. The Kier molecular flexibility index (Phi) is 4.35. The molecule has 1 aromatic rings. The van der Waals surface area contributed by atoms with Crippen LogP contribution in [0.3, 0.4) is 0 Å². The first-order chi connectivity index (χ1) is 7.13. The number of hydrogen-bond acceptors (Lipinski definition) is 1. The van der Waals surface area contributed by atoms with E-state index in [4.69, 9.17) is 0 Å². The van der Waals surface area contributed by atoms with E-state index in [1.54, 1.807) is 0 Å². The van der Waals surface area contributed by atoms with Crippen LogP contribution in [0.1, 0.15) is 43.9 Å². The Morgan fingerprint density at radius 1 is 1.33 bits per heavy atom. The van der Waals surface area contributed by atoms with Crippen molar-refractivity contribution in [2.45, 2.75) is 39.7 Å². The lowest BCUT2D eigenvalue weighted by molar-refractivity contribution is -0.121. The predicted molar refractivity (Wildman–Crippen MR) is 62.6 cm³/mol. The van der Waals surface area contributed by atoms with Crippen LogP contribution >= 0.6 is 0 Å². The van der Waals surface area contributed by atoms with Gasteiger partial charge in [0.05, 0.1) is 6.04 Å². The standard InChI is InChI=1S/C13H19NO/c1-4-5-13(15)14-11(3)12-8-6-10(2)7-9-12/h6-9,11H,4-5H2,1-3H3,(H,14,15)/t11-/m1/s1. The van der Waals surface area contributed by atoms with E-state index in [1.165, 1.54) is 5.56 Å². The van der Waals surface area contributed by atoms with Crippen molar-refractivity contribution >= 4 is 5.91 Å². The van der Waals surface area contributed by atoms with Crippen molar-refractivity contribution in [2.24, 2.45) is 0 Å². The molecule has 1 aromatic carbocycles. The summed E-state index contributed by atoms with van der Waals surface area (Å²) in [5.41, 5.74) is 2.40. The summed E-state index contributed by atoms with van der Waals surface area (Å²) < 4.78 is 0. The third kappa shape index (κ3) is 3.74. The highest BCUT2D eigenvalue weighted by Gasteiger charge is 2.07. The van der Waals surface area contributed by atoms with Gasteiger partial charge in [-0.3, -0.25) is 4.79 Å². The topological polar surface area (TPSA) is 29.1 Å². The summed E-state index contributed by atoms with van der Waals surface area (Å²) in [6.07, 6.45) is 1.50. The summed E-state index contributed by atoms with van der Waals surface area (Å²) in [5.74, 6) is 0.130. The molecule has 0 aliphatic heterocycles. The van der Waals surface area contributed by atoms with Gasteiger partial charge in [0, 0.05) is 6.42 Å². The van der Waals surface area contributed by atoms with Gasteiger partial charge >= 0.3 is 0 Å². The van der Waals surface area contributed by atoms with E-state index in [1.807, 2.05) is 13.8 Å². The minimum Gasteiger partial charge on any atom is -0.350 e. The number of amides is 1. The van der Waals surface area contributed by atoms with Gasteiger partial charge in [0.1, 0.15) is 0 Å². The molecule has 15 heavy (non-hydrogen) atoms. The highest BCUT2D eigenvalue weighted by atomic mass is 16.1. The van der Waals surface area contributed by atoms with Crippen LogP contribution < -0.4 is 5.32 Å². The molecule has 1 atom stereocenters. The molecular weight excluding hydrogens is 186 g/mol. The summed E-state index contributed by atoms with van der Waals surface area (Å²) in [5, 5.41) is 2.98. The van der Waals surface area contributed by atoms with Crippen molar-refractivity contribution in [1.82, 2.24) is 5.32 Å². The number of aryl methyl sites for hydroxylation is 1. The SMILES string of the molecule is CCCC(=O)N[C@H](C)c1ccc(C)cc1. The molecule has 0 fully saturated rings. The third-order valence-electron chi connectivity index (χ3n) is 2.43. The molecule has 0 aromatic heterocycles. The normalized spacial score (nSPS) is 12.2. The molecule has 0 saturated carbocycles. The van der Waals surface area contributed by atoms with Crippen molar-refractivity contribution in [3.05, 3.63) is 35.4 Å². The maximum atomic E-state index is 11.4. The number of carbonyl (C=O) groups is 1. The second-order valence-corrected chi connectivity index (χ2v) is 3.95. The van der Waals surface area contributed by atoms with Crippen molar-refractivity contribution < 1.29 is 4.79 Å². The highest BCUT2D eigenvalue weighted by Crippen LogP contribution is 2.13. The second-order valence-electron chi connectivity index (χ2n) is 3.95. The molecule has 0 aliphatic rings. The van der Waals surface area contributed by atoms with Crippen LogP contribution in [-0.4, -0.2) is 5.91 Å². The summed E-state index contributed by atoms with van der Waals surface area (Å²) in [6.45, 7) is 6.08. The van der Waals surface area contributed by atoms with Gasteiger partial charge in [-0.15, -0.1) is 0 Å². The number of rotatable bonds is 4. The molecule has 0 spiro atoms. The minimum atomic E-state index is 0.102. The van der Waals surface area contributed by atoms with Crippen molar-refractivity contribution in [3.63, 3.8) is 0 Å². The Hall–Kier alpha value is -1.31. The fraction of sp³-hybridized carbons (Fsp3) is 0.462. The fourth-order valence-corrected chi connectivity index (χ4v) is 1.48. The highest BCUT2D eigenvalue weighted by molar-refractivity contribution is 5.76. The van der Waals surface area contributed by atoms with Crippen LogP contribution in [0.5, 0.6) is 0 Å². The van der Waals surface area contributed by atoms with Crippen molar-refractivity contribution in [3.8, 4) is 0 Å². The van der Waals surface area contributed by atoms with Gasteiger partial charge in [-0.05, 0) is 25.8 Å². The summed E-state index contributed by atoms with van der Waals surface area (Å²) in [6, 6.07) is 8.36. The number of benzene rings is 1. The largest absolute Gasteiger partial charge is 0.350 e. The van der Waals surface area contributed by atoms with Gasteiger partial charge in [0.15, 0.2) is 0 Å². The van der Waals surface area contributed by atoms with Crippen LogP contribution in [0.2, 0.25) is 0 Å². The molecule has 0 heterocycles. The molecular formula is C13H19NO. The molecule has 1 amide bonds. The van der Waals surface area contributed by atoms with Crippen molar-refractivity contribution in [2.75, 3.05) is 0 Å². The summed E-state index contributed by atoms with van der Waals surface area (Å²) >= 11 is 0. The zero-order valence-corrected chi connectivity index (χ0v) is 9.71. The Morgan fingerprint density at radius 3 is 2.47 bits per heavy atom. The summed E-state index contributed by atoms with van der Waals surface area (Å²) in [7, 11) is 0. The molecule has 0 unspecified atom stereocenters. The number of hydrogen-bond donors (Lipinski definition) is 1. The van der Waals surface area contributed by atoms with Crippen molar-refractivity contribution in [1.29, 1.82) is 0 Å². The maximum Gasteiger partial charge on any atom is 0.220 e. The molecule has 0 saturated heterocycles. The van der Waals surface area contributed by atoms with Gasteiger partial charge in [-0.1, -0.05) is 36.8 Å². The van der Waals surface area contributed by atoms with E-state index in [-0.39, 0.29) is 11.9 Å². The lowest BCUT2D eigenvalue weighted by atomic mass is 10.1. The number of nitrogens with one attached hydrogen (secondary N) is 1. The predicted octanol–water partition coefficient (Wildman–Crippen LogP) is 2.97. The van der Waals surface area contributed by atoms with Gasteiger partial charge in [0.2, 0.25) is 5.91 Å². The molecule has 2 nitrogen and oxygen atoms in total. The Balaban J connectivity index is 2.57. The molecule has 82 valence electrons. The number of carbonyl (C=O) groups excluding carboxylic acids is 1. The first kappa shape index (κ1) is 11.8. The van der Waals surface area contributed by atoms with Crippen LogP contribution in [0.15, 0.2) is 24.3 Å². The van der Waals surface area contributed by atoms with Crippen LogP contribution in [0, 0.1) is 6.92 Å². The molecule has 2 heteroatoms. The lowest BCUT2D eigenvalue weighted by Gasteiger charge is -2.14. The van der Waals surface area contributed by atoms with E-state index in [2.05, 4.69) is 36.5 Å². The first-order valence-electron chi connectivity index (χ1n) is 5.49. The fourth-order valence-electron chi connectivity index (χ4n) is 1.48. The van der Waals surface area contributed by atoms with E-state index >= 15 is 0 Å². The van der Waals surface area contributed by atoms with E-state index in [0.717, 1.165) is 12.0 Å². The minimum absolute atomic E-state index is 0.102. The quantitative estimate of drug-likeness (QED) is 0.804. The maximum absolute atomic E-state index is 11.4. The molecule has 1 rings (SSSR count). The van der Waals surface area contributed by atoms with E-state index in [9.17, 15) is 4.79 Å². The second kappa shape index (κ2) is 5.54.